The molecular formula is C28H27NO9. The van der Waals surface area contributed by atoms with Crippen LogP contribution >= 0.6 is 0 Å². The number of esters is 1. The maximum atomic E-state index is 13.5. The van der Waals surface area contributed by atoms with Crippen LogP contribution in [0.1, 0.15) is 53.4 Å². The highest BCUT2D eigenvalue weighted by molar-refractivity contribution is 6.25. The van der Waals surface area contributed by atoms with Gasteiger partial charge in [-0.05, 0) is 56.5 Å². The number of carbonyl (C=O) groups is 4. The third-order valence-electron chi connectivity index (χ3n) is 6.79. The fourth-order valence-corrected chi connectivity index (χ4v) is 4.93. The number of aryl methyl sites for hydroxylation is 2. The maximum Gasteiger partial charge on any atom is 0.308 e. The van der Waals surface area contributed by atoms with Gasteiger partial charge in [-0.15, -0.1) is 0 Å². The molecule has 38 heavy (non-hydrogen) atoms. The minimum absolute atomic E-state index is 0.00308. The zero-order chi connectivity index (χ0) is 28.1. The molecule has 10 heteroatoms. The van der Waals surface area contributed by atoms with E-state index < -0.39 is 40.2 Å². The highest BCUT2D eigenvalue weighted by Crippen LogP contribution is 2.56. The summed E-state index contributed by atoms with van der Waals surface area (Å²) in [5.74, 6) is -3.14. The van der Waals surface area contributed by atoms with Gasteiger partial charge < -0.3 is 29.7 Å². The molecule has 2 aliphatic rings. The number of aliphatic hydroxyl groups excluding tert-OH is 1. The molecule has 2 aromatic rings. The number of rotatable bonds is 6. The summed E-state index contributed by atoms with van der Waals surface area (Å²) >= 11 is 0. The van der Waals surface area contributed by atoms with Crippen molar-refractivity contribution in [2.24, 2.45) is 0 Å². The molecule has 4 rings (SSSR count). The molecule has 1 aliphatic carbocycles. The summed E-state index contributed by atoms with van der Waals surface area (Å²) in [5, 5.41) is 24.0. The van der Waals surface area contributed by atoms with Gasteiger partial charge in [0.25, 0.3) is 5.91 Å². The number of methoxy groups -OCH3 is 1. The number of fused-ring (bicyclic) bond motifs is 3. The van der Waals surface area contributed by atoms with Crippen molar-refractivity contribution in [3.8, 4) is 23.0 Å². The summed E-state index contributed by atoms with van der Waals surface area (Å²) in [6.07, 6.45) is 1.14. The first-order valence-corrected chi connectivity index (χ1v) is 11.7. The molecule has 2 aromatic carbocycles. The first-order chi connectivity index (χ1) is 17.8. The third kappa shape index (κ3) is 4.07. The van der Waals surface area contributed by atoms with E-state index in [1.807, 2.05) is 13.8 Å². The first kappa shape index (κ1) is 26.5. The number of ether oxygens (including phenoxy) is 3. The lowest BCUT2D eigenvalue weighted by Crippen LogP contribution is -2.38. The number of allylic oxidation sites excluding steroid dienone is 3. The third-order valence-corrected chi connectivity index (χ3v) is 6.79. The van der Waals surface area contributed by atoms with Gasteiger partial charge in [0.15, 0.2) is 17.3 Å². The Kier molecular flexibility index (Phi) is 6.52. The van der Waals surface area contributed by atoms with E-state index in [1.165, 1.54) is 27.0 Å². The molecule has 0 saturated carbocycles. The summed E-state index contributed by atoms with van der Waals surface area (Å²) in [7, 11) is 1.31. The van der Waals surface area contributed by atoms with E-state index in [1.54, 1.807) is 12.1 Å². The average molecular weight is 522 g/mol. The van der Waals surface area contributed by atoms with Gasteiger partial charge in [-0.25, -0.2) is 0 Å². The van der Waals surface area contributed by atoms with Crippen molar-refractivity contribution in [3.63, 3.8) is 0 Å². The smallest absolute Gasteiger partial charge is 0.308 e. The maximum absolute atomic E-state index is 13.5. The van der Waals surface area contributed by atoms with E-state index in [2.05, 4.69) is 5.32 Å². The average Bonchev–Trinajstić information content (AvgIpc) is 3.11. The molecule has 198 valence electrons. The Morgan fingerprint density at radius 2 is 1.71 bits per heavy atom. The van der Waals surface area contributed by atoms with Gasteiger partial charge in [0.05, 0.1) is 12.7 Å². The molecule has 1 amide bonds. The fraction of sp³-hybridized carbons (Fsp3) is 0.286. The number of ketones is 2. The number of Topliss-reactive ketones (excluding diaryl/α,β-unsaturated/α-hetero) is 2. The second kappa shape index (κ2) is 9.37. The van der Waals surface area contributed by atoms with Crippen LogP contribution < -0.4 is 19.5 Å². The van der Waals surface area contributed by atoms with Crippen molar-refractivity contribution in [2.45, 2.75) is 46.6 Å². The molecule has 0 unspecified atom stereocenters. The molecule has 0 saturated heterocycles. The number of benzene rings is 2. The lowest BCUT2D eigenvalue weighted by Gasteiger charge is -2.27. The Hall–Kier alpha value is -4.60. The number of aromatic hydroxyl groups is 1. The van der Waals surface area contributed by atoms with Crippen LogP contribution in [0.5, 0.6) is 23.0 Å². The second-order valence-electron chi connectivity index (χ2n) is 9.37. The first-order valence-electron chi connectivity index (χ1n) is 11.7. The number of carbonyl (C=O) groups excluding carboxylic acids is 4. The van der Waals surface area contributed by atoms with Gasteiger partial charge >= 0.3 is 5.97 Å². The van der Waals surface area contributed by atoms with E-state index in [4.69, 9.17) is 14.2 Å². The molecular weight excluding hydrogens is 494 g/mol. The van der Waals surface area contributed by atoms with Crippen molar-refractivity contribution in [1.82, 2.24) is 5.32 Å². The summed E-state index contributed by atoms with van der Waals surface area (Å²) < 4.78 is 16.4. The largest absolute Gasteiger partial charge is 0.507 e. The van der Waals surface area contributed by atoms with E-state index in [9.17, 15) is 29.4 Å². The predicted molar refractivity (Wildman–Crippen MR) is 134 cm³/mol. The van der Waals surface area contributed by atoms with Crippen LogP contribution in [0.4, 0.5) is 0 Å². The molecule has 3 N–H and O–H groups in total. The molecule has 0 fully saturated rings. The monoisotopic (exact) mass is 521 g/mol. The normalized spacial score (nSPS) is 17.7. The fourth-order valence-electron chi connectivity index (χ4n) is 4.93. The SMILES string of the molecule is COc1cc(O)c2c(c1C(=O)NCc1c(C)cc(OC(C)=O)cc1C)OC1=CC(O)=C(C(C)=O)C(=O)[C@]12C. The predicted octanol–water partition coefficient (Wildman–Crippen LogP) is 3.39. The molecule has 1 aliphatic heterocycles. The Morgan fingerprint density at radius 3 is 2.26 bits per heavy atom. The van der Waals surface area contributed by atoms with Crippen LogP contribution in [0.3, 0.4) is 0 Å². The standard InChI is InChI=1S/C28H27NO9/c1-12-7-16(37-15(4)31)8-13(2)17(12)11-29-27(35)23-20(36-6)9-19(33)24-25(23)38-21-10-18(32)22(14(3)30)26(34)28(21,24)5/h7-10,32-33H,11H2,1-6H3,(H,29,35)/t28-/m1/s1. The summed E-state index contributed by atoms with van der Waals surface area (Å²) in [6.45, 7) is 7.65. The Morgan fingerprint density at radius 1 is 1.08 bits per heavy atom. The minimum Gasteiger partial charge on any atom is -0.507 e. The minimum atomic E-state index is -1.65. The molecule has 10 nitrogen and oxygen atoms in total. The number of amides is 1. The van der Waals surface area contributed by atoms with Gasteiger partial charge in [0.2, 0.25) is 0 Å². The summed E-state index contributed by atoms with van der Waals surface area (Å²) in [6, 6.07) is 4.58. The van der Waals surface area contributed by atoms with Gasteiger partial charge in [-0.3, -0.25) is 19.2 Å². The highest BCUT2D eigenvalue weighted by atomic mass is 16.5. The van der Waals surface area contributed by atoms with Gasteiger partial charge in [0, 0.05) is 25.6 Å². The lowest BCUT2D eigenvalue weighted by molar-refractivity contribution is -0.132. The lowest BCUT2D eigenvalue weighted by atomic mass is 9.71. The number of phenols is 1. The number of hydrogen-bond donors (Lipinski definition) is 3. The van der Waals surface area contributed by atoms with E-state index in [-0.39, 0.29) is 40.7 Å². The van der Waals surface area contributed by atoms with E-state index >= 15 is 0 Å². The second-order valence-corrected chi connectivity index (χ2v) is 9.37. The molecule has 0 spiro atoms. The van der Waals surface area contributed by atoms with Crippen molar-refractivity contribution in [2.75, 3.05) is 7.11 Å². The van der Waals surface area contributed by atoms with Crippen LogP contribution in [0.15, 0.2) is 41.4 Å². The molecule has 1 atom stereocenters. The van der Waals surface area contributed by atoms with E-state index in [0.717, 1.165) is 29.7 Å². The van der Waals surface area contributed by atoms with Crippen molar-refractivity contribution >= 4 is 23.4 Å². The topological polar surface area (TPSA) is 148 Å². The van der Waals surface area contributed by atoms with Crippen molar-refractivity contribution in [1.29, 1.82) is 0 Å². The quantitative estimate of drug-likeness (QED) is 0.295. The molecule has 0 radical (unpaired) electrons. The van der Waals surface area contributed by atoms with E-state index in [0.29, 0.717) is 5.75 Å². The number of phenolic OH excluding ortho intramolecular Hbond substituents is 1. The van der Waals surface area contributed by atoms with Crippen LogP contribution in [0.25, 0.3) is 0 Å². The zero-order valence-electron chi connectivity index (χ0n) is 21.8. The zero-order valence-corrected chi connectivity index (χ0v) is 21.8. The van der Waals surface area contributed by atoms with Gasteiger partial charge in [-0.1, -0.05) is 0 Å². The number of aliphatic hydroxyl groups is 1. The van der Waals surface area contributed by atoms with Crippen LogP contribution in [-0.2, 0) is 26.3 Å². The Balaban J connectivity index is 1.74. The molecule has 0 aromatic heterocycles. The van der Waals surface area contributed by atoms with Crippen molar-refractivity contribution in [3.05, 3.63) is 69.2 Å². The number of hydrogen-bond acceptors (Lipinski definition) is 9. The summed E-state index contributed by atoms with van der Waals surface area (Å²) in [5.41, 5.74) is 0.222. The molecule has 0 bridgehead atoms. The van der Waals surface area contributed by atoms with Crippen LogP contribution in [-0.4, -0.2) is 40.8 Å². The highest BCUT2D eigenvalue weighted by Gasteiger charge is 2.55. The van der Waals surface area contributed by atoms with Crippen LogP contribution in [0.2, 0.25) is 0 Å². The van der Waals surface area contributed by atoms with Gasteiger partial charge in [0.1, 0.15) is 45.3 Å². The van der Waals surface area contributed by atoms with Crippen molar-refractivity contribution < 1.29 is 43.6 Å². The summed E-state index contributed by atoms with van der Waals surface area (Å²) in [4.78, 5) is 50.3. The van der Waals surface area contributed by atoms with Crippen LogP contribution in [0, 0.1) is 13.8 Å². The van der Waals surface area contributed by atoms with Gasteiger partial charge in [-0.2, -0.15) is 0 Å². The Labute approximate surface area is 218 Å². The molecule has 1 heterocycles. The number of nitrogens with one attached hydrogen (secondary N) is 1. The Bertz CT molecular complexity index is 1480.